The molecule has 20 heavy (non-hydrogen) atoms. The first-order valence-corrected chi connectivity index (χ1v) is 7.48. The third-order valence-corrected chi connectivity index (χ3v) is 3.43. The fourth-order valence-electron chi connectivity index (χ4n) is 1.99. The molecule has 114 valence electrons. The van der Waals surface area contributed by atoms with Gasteiger partial charge in [-0.2, -0.15) is 0 Å². The van der Waals surface area contributed by atoms with Crippen LogP contribution in [0, 0.1) is 5.92 Å². The number of carbonyl (C=O) groups excluding carboxylic acids is 1. The fourth-order valence-corrected chi connectivity index (χ4v) is 2.25. The van der Waals surface area contributed by atoms with Gasteiger partial charge < -0.3 is 11.1 Å². The Labute approximate surface area is 136 Å². The van der Waals surface area contributed by atoms with Crippen LogP contribution in [-0.2, 0) is 11.2 Å². The second kappa shape index (κ2) is 9.37. The molecule has 0 fully saturated rings. The molecule has 0 aliphatic carbocycles. The number of nitrogens with one attached hydrogen (secondary N) is 1. The molecular weight excluding hydrogens is 340 g/mol. The molecule has 0 aliphatic heterocycles. The van der Waals surface area contributed by atoms with Crippen molar-refractivity contribution in [2.24, 2.45) is 11.7 Å². The molecule has 0 bridgehead atoms. The zero-order valence-corrected chi connectivity index (χ0v) is 14.6. The minimum absolute atomic E-state index is 0. The van der Waals surface area contributed by atoms with Crippen LogP contribution in [0.1, 0.15) is 32.8 Å². The van der Waals surface area contributed by atoms with Crippen LogP contribution in [-0.4, -0.2) is 18.0 Å². The minimum atomic E-state index is -0.410. The standard InChI is InChI=1S/C15H23BrN2O.ClH/c1-10(2)8-14(17)15(19)18-11(3)9-12-4-6-13(16)7-5-12;/h4-7,10-11,14H,8-9,17H2,1-3H3,(H,18,19);1H/t11?,14-;/m0./s1. The Bertz CT molecular complexity index is 409. The number of amides is 1. The number of carbonyl (C=O) groups is 1. The van der Waals surface area contributed by atoms with Crippen molar-refractivity contribution in [1.82, 2.24) is 5.32 Å². The third kappa shape index (κ3) is 7.27. The number of rotatable bonds is 6. The first-order valence-electron chi connectivity index (χ1n) is 6.69. The quantitative estimate of drug-likeness (QED) is 0.815. The number of halogens is 2. The van der Waals surface area contributed by atoms with Gasteiger partial charge in [0.15, 0.2) is 0 Å². The predicted molar refractivity (Wildman–Crippen MR) is 90.1 cm³/mol. The van der Waals surface area contributed by atoms with E-state index in [1.807, 2.05) is 19.1 Å². The molecule has 1 aromatic rings. The lowest BCUT2D eigenvalue weighted by atomic mass is 10.0. The molecule has 1 amide bonds. The summed E-state index contributed by atoms with van der Waals surface area (Å²) in [5.74, 6) is 0.376. The van der Waals surface area contributed by atoms with Gasteiger partial charge in [0.05, 0.1) is 6.04 Å². The molecule has 2 atom stereocenters. The average molecular weight is 364 g/mol. The van der Waals surface area contributed by atoms with E-state index in [0.717, 1.165) is 17.3 Å². The van der Waals surface area contributed by atoms with E-state index in [9.17, 15) is 4.79 Å². The van der Waals surface area contributed by atoms with Crippen molar-refractivity contribution in [3.63, 3.8) is 0 Å². The second-order valence-electron chi connectivity index (χ2n) is 5.48. The summed E-state index contributed by atoms with van der Waals surface area (Å²) in [5.41, 5.74) is 7.06. The summed E-state index contributed by atoms with van der Waals surface area (Å²) >= 11 is 3.41. The zero-order chi connectivity index (χ0) is 14.4. The summed E-state index contributed by atoms with van der Waals surface area (Å²) < 4.78 is 1.06. The number of benzene rings is 1. The molecule has 1 aromatic carbocycles. The predicted octanol–water partition coefficient (Wildman–Crippen LogP) is 3.29. The lowest BCUT2D eigenvalue weighted by Gasteiger charge is -2.18. The largest absolute Gasteiger partial charge is 0.352 e. The van der Waals surface area contributed by atoms with Crippen molar-refractivity contribution in [2.75, 3.05) is 0 Å². The maximum atomic E-state index is 11.9. The number of hydrogen-bond acceptors (Lipinski definition) is 2. The smallest absolute Gasteiger partial charge is 0.237 e. The van der Waals surface area contributed by atoms with Gasteiger partial charge in [-0.1, -0.05) is 41.9 Å². The molecule has 1 unspecified atom stereocenters. The number of hydrogen-bond donors (Lipinski definition) is 2. The van der Waals surface area contributed by atoms with E-state index in [4.69, 9.17) is 5.73 Å². The molecule has 0 aromatic heterocycles. The van der Waals surface area contributed by atoms with Crippen LogP contribution in [0.3, 0.4) is 0 Å². The van der Waals surface area contributed by atoms with Gasteiger partial charge in [0, 0.05) is 10.5 Å². The lowest BCUT2D eigenvalue weighted by Crippen LogP contribution is -2.45. The van der Waals surface area contributed by atoms with Gasteiger partial charge in [-0.25, -0.2) is 0 Å². The normalized spacial score (nSPS) is 13.5. The van der Waals surface area contributed by atoms with Gasteiger partial charge in [0.25, 0.3) is 0 Å². The summed E-state index contributed by atoms with van der Waals surface area (Å²) in [6, 6.07) is 7.81. The monoisotopic (exact) mass is 362 g/mol. The Balaban J connectivity index is 0.00000361. The topological polar surface area (TPSA) is 55.1 Å². The molecule has 0 heterocycles. The zero-order valence-electron chi connectivity index (χ0n) is 12.2. The molecule has 0 saturated heterocycles. The first-order chi connectivity index (χ1) is 8.88. The van der Waals surface area contributed by atoms with Crippen molar-refractivity contribution in [1.29, 1.82) is 0 Å². The molecule has 0 spiro atoms. The van der Waals surface area contributed by atoms with Crippen LogP contribution in [0.4, 0.5) is 0 Å². The van der Waals surface area contributed by atoms with Crippen molar-refractivity contribution in [3.8, 4) is 0 Å². The highest BCUT2D eigenvalue weighted by atomic mass is 79.9. The van der Waals surface area contributed by atoms with Crippen LogP contribution in [0.2, 0.25) is 0 Å². The molecule has 3 nitrogen and oxygen atoms in total. The second-order valence-corrected chi connectivity index (χ2v) is 6.39. The van der Waals surface area contributed by atoms with E-state index in [0.29, 0.717) is 5.92 Å². The van der Waals surface area contributed by atoms with Crippen LogP contribution >= 0.6 is 28.3 Å². The molecule has 5 heteroatoms. The maximum Gasteiger partial charge on any atom is 0.237 e. The molecule has 1 rings (SSSR count). The first kappa shape index (κ1) is 19.4. The summed E-state index contributed by atoms with van der Waals surface area (Å²) in [6.45, 7) is 6.14. The van der Waals surface area contributed by atoms with Crippen molar-refractivity contribution in [3.05, 3.63) is 34.3 Å². The summed E-state index contributed by atoms with van der Waals surface area (Å²) in [4.78, 5) is 11.9. The summed E-state index contributed by atoms with van der Waals surface area (Å²) in [6.07, 6.45) is 1.53. The van der Waals surface area contributed by atoms with Crippen LogP contribution in [0.5, 0.6) is 0 Å². The Morgan fingerprint density at radius 2 is 1.80 bits per heavy atom. The molecule has 0 radical (unpaired) electrons. The van der Waals surface area contributed by atoms with Crippen molar-refractivity contribution < 1.29 is 4.79 Å². The summed E-state index contributed by atoms with van der Waals surface area (Å²) in [7, 11) is 0. The lowest BCUT2D eigenvalue weighted by molar-refractivity contribution is -0.123. The Hall–Kier alpha value is -0.580. The van der Waals surface area contributed by atoms with Crippen molar-refractivity contribution in [2.45, 2.75) is 45.7 Å². The Morgan fingerprint density at radius 1 is 1.25 bits per heavy atom. The van der Waals surface area contributed by atoms with Crippen LogP contribution < -0.4 is 11.1 Å². The van der Waals surface area contributed by atoms with E-state index >= 15 is 0 Å². The Kier molecular flexibility index (Phi) is 9.10. The van der Waals surface area contributed by atoms with E-state index in [1.54, 1.807) is 0 Å². The number of nitrogens with two attached hydrogens (primary N) is 1. The SMILES string of the molecule is CC(C)C[C@H](N)C(=O)NC(C)Cc1ccc(Br)cc1.Cl. The van der Waals surface area contributed by atoms with Gasteiger partial charge >= 0.3 is 0 Å². The van der Waals surface area contributed by atoms with Gasteiger partial charge in [-0.05, 0) is 43.4 Å². The highest BCUT2D eigenvalue weighted by molar-refractivity contribution is 9.10. The van der Waals surface area contributed by atoms with Crippen LogP contribution in [0.25, 0.3) is 0 Å². The van der Waals surface area contributed by atoms with E-state index in [-0.39, 0.29) is 24.4 Å². The fraction of sp³-hybridized carbons (Fsp3) is 0.533. The van der Waals surface area contributed by atoms with E-state index in [1.165, 1.54) is 5.56 Å². The molecule has 0 saturated carbocycles. The maximum absolute atomic E-state index is 11.9. The van der Waals surface area contributed by atoms with Gasteiger partial charge in [0.2, 0.25) is 5.91 Å². The highest BCUT2D eigenvalue weighted by Gasteiger charge is 2.16. The van der Waals surface area contributed by atoms with Gasteiger partial charge in [-0.15, -0.1) is 12.4 Å². The molecular formula is C15H24BrClN2O. The molecule has 0 aliphatic rings. The minimum Gasteiger partial charge on any atom is -0.352 e. The van der Waals surface area contributed by atoms with Crippen LogP contribution in [0.15, 0.2) is 28.7 Å². The summed E-state index contributed by atoms with van der Waals surface area (Å²) in [5, 5.41) is 2.97. The van der Waals surface area contributed by atoms with Gasteiger partial charge in [-0.3, -0.25) is 4.79 Å². The third-order valence-electron chi connectivity index (χ3n) is 2.91. The van der Waals surface area contributed by atoms with Crippen molar-refractivity contribution >= 4 is 34.2 Å². The van der Waals surface area contributed by atoms with E-state index < -0.39 is 6.04 Å². The molecule has 3 N–H and O–H groups in total. The van der Waals surface area contributed by atoms with Gasteiger partial charge in [0.1, 0.15) is 0 Å². The Morgan fingerprint density at radius 3 is 2.30 bits per heavy atom. The average Bonchev–Trinajstić information content (AvgIpc) is 2.31. The van der Waals surface area contributed by atoms with E-state index in [2.05, 4.69) is 47.2 Å². The highest BCUT2D eigenvalue weighted by Crippen LogP contribution is 2.12.